The average molecular weight is 271 g/mol. The van der Waals surface area contributed by atoms with E-state index in [0.717, 1.165) is 19.6 Å². The number of nitrogens with zero attached hydrogens (tertiary/aromatic N) is 1. The van der Waals surface area contributed by atoms with Crippen molar-refractivity contribution < 1.29 is 0 Å². The molecular formula is C17H38N2. The van der Waals surface area contributed by atoms with Gasteiger partial charge in [0.15, 0.2) is 0 Å². The molecule has 19 heavy (non-hydrogen) atoms. The van der Waals surface area contributed by atoms with E-state index in [4.69, 9.17) is 5.73 Å². The Morgan fingerprint density at radius 3 is 1.84 bits per heavy atom. The van der Waals surface area contributed by atoms with Crippen LogP contribution in [0.1, 0.15) is 79.1 Å². The zero-order valence-electron chi connectivity index (χ0n) is 14.0. The van der Waals surface area contributed by atoms with Crippen molar-refractivity contribution in [3.8, 4) is 0 Å². The van der Waals surface area contributed by atoms with E-state index in [2.05, 4.69) is 32.6 Å². The molecule has 0 fully saturated rings. The van der Waals surface area contributed by atoms with E-state index < -0.39 is 0 Å². The van der Waals surface area contributed by atoms with E-state index in [9.17, 15) is 0 Å². The van der Waals surface area contributed by atoms with Gasteiger partial charge in [0.05, 0.1) is 0 Å². The van der Waals surface area contributed by atoms with Crippen LogP contribution in [0.15, 0.2) is 0 Å². The van der Waals surface area contributed by atoms with Gasteiger partial charge in [0.2, 0.25) is 0 Å². The summed E-state index contributed by atoms with van der Waals surface area (Å²) < 4.78 is 0. The van der Waals surface area contributed by atoms with E-state index in [1.807, 2.05) is 0 Å². The van der Waals surface area contributed by atoms with Gasteiger partial charge < -0.3 is 10.6 Å². The lowest BCUT2D eigenvalue weighted by Gasteiger charge is -2.31. The second-order valence-electron chi connectivity index (χ2n) is 6.71. The minimum atomic E-state index is 0.260. The molecule has 0 aromatic rings. The maximum atomic E-state index is 5.82. The molecule has 0 heterocycles. The molecule has 2 N–H and O–H groups in total. The van der Waals surface area contributed by atoms with Crippen LogP contribution >= 0.6 is 0 Å². The first-order valence-corrected chi connectivity index (χ1v) is 8.48. The second kappa shape index (κ2) is 11.7. The number of unbranched alkanes of at least 4 members (excludes halogenated alkanes) is 7. The van der Waals surface area contributed by atoms with Gasteiger partial charge in [-0.2, -0.15) is 0 Å². The van der Waals surface area contributed by atoms with Gasteiger partial charge in [0, 0.05) is 6.54 Å². The van der Waals surface area contributed by atoms with Crippen LogP contribution < -0.4 is 5.73 Å². The molecule has 0 rings (SSSR count). The third-order valence-electron chi connectivity index (χ3n) is 3.98. The smallest absolute Gasteiger partial charge is 0.00446 e. The SMILES string of the molecule is CCCCCCCCCCN(CC)CC(C)(C)CN. The Morgan fingerprint density at radius 2 is 1.37 bits per heavy atom. The lowest BCUT2D eigenvalue weighted by atomic mass is 9.93. The Kier molecular flexibility index (Phi) is 11.7. The average Bonchev–Trinajstić information content (AvgIpc) is 2.40. The molecule has 0 bridgehead atoms. The summed E-state index contributed by atoms with van der Waals surface area (Å²) >= 11 is 0. The number of hydrogen-bond donors (Lipinski definition) is 1. The van der Waals surface area contributed by atoms with E-state index >= 15 is 0 Å². The summed E-state index contributed by atoms with van der Waals surface area (Å²) in [5.41, 5.74) is 6.08. The van der Waals surface area contributed by atoms with Crippen LogP contribution in [0.25, 0.3) is 0 Å². The molecule has 0 amide bonds. The molecule has 0 radical (unpaired) electrons. The molecule has 0 aliphatic rings. The lowest BCUT2D eigenvalue weighted by Crippen LogP contribution is -2.39. The standard InChI is InChI=1S/C17H38N2/c1-5-7-8-9-10-11-12-13-14-19(6-2)16-17(3,4)15-18/h5-16,18H2,1-4H3. The van der Waals surface area contributed by atoms with Gasteiger partial charge in [0.25, 0.3) is 0 Å². The summed E-state index contributed by atoms with van der Waals surface area (Å²) in [5, 5.41) is 0. The van der Waals surface area contributed by atoms with E-state index in [-0.39, 0.29) is 5.41 Å². The molecule has 0 aromatic heterocycles. The largest absolute Gasteiger partial charge is 0.330 e. The van der Waals surface area contributed by atoms with Gasteiger partial charge in [-0.3, -0.25) is 0 Å². The Balaban J connectivity index is 3.51. The van der Waals surface area contributed by atoms with Crippen LogP contribution in [0.5, 0.6) is 0 Å². The second-order valence-corrected chi connectivity index (χ2v) is 6.71. The number of hydrogen-bond acceptors (Lipinski definition) is 2. The van der Waals surface area contributed by atoms with Crippen molar-refractivity contribution in [1.82, 2.24) is 4.90 Å². The number of nitrogens with two attached hydrogens (primary N) is 1. The van der Waals surface area contributed by atoms with E-state index in [1.165, 1.54) is 57.9 Å². The van der Waals surface area contributed by atoms with E-state index in [1.54, 1.807) is 0 Å². The summed E-state index contributed by atoms with van der Waals surface area (Å²) in [7, 11) is 0. The van der Waals surface area contributed by atoms with Crippen LogP contribution in [-0.4, -0.2) is 31.1 Å². The number of rotatable bonds is 13. The topological polar surface area (TPSA) is 29.3 Å². The highest BCUT2D eigenvalue weighted by molar-refractivity contribution is 4.74. The lowest BCUT2D eigenvalue weighted by molar-refractivity contribution is 0.187. The molecule has 0 unspecified atom stereocenters. The van der Waals surface area contributed by atoms with Crippen molar-refractivity contribution in [3.05, 3.63) is 0 Å². The van der Waals surface area contributed by atoms with Crippen molar-refractivity contribution in [2.24, 2.45) is 11.1 Å². The Labute approximate surface area is 122 Å². The van der Waals surface area contributed by atoms with E-state index in [0.29, 0.717) is 0 Å². The van der Waals surface area contributed by atoms with Gasteiger partial charge >= 0.3 is 0 Å². The van der Waals surface area contributed by atoms with Gasteiger partial charge in [0.1, 0.15) is 0 Å². The fourth-order valence-corrected chi connectivity index (χ4v) is 2.49. The summed E-state index contributed by atoms with van der Waals surface area (Å²) in [4.78, 5) is 2.56. The normalized spacial score (nSPS) is 12.3. The zero-order chi connectivity index (χ0) is 14.6. The maximum absolute atomic E-state index is 5.82. The molecule has 2 nitrogen and oxygen atoms in total. The predicted molar refractivity (Wildman–Crippen MR) is 87.6 cm³/mol. The van der Waals surface area contributed by atoms with Crippen molar-refractivity contribution in [2.75, 3.05) is 26.2 Å². The molecule has 0 aromatic carbocycles. The summed E-state index contributed by atoms with van der Waals surface area (Å²) in [5.74, 6) is 0. The molecule has 0 aliphatic heterocycles. The van der Waals surface area contributed by atoms with Gasteiger partial charge in [-0.1, -0.05) is 72.6 Å². The Morgan fingerprint density at radius 1 is 0.842 bits per heavy atom. The predicted octanol–water partition coefficient (Wildman–Crippen LogP) is 4.43. The maximum Gasteiger partial charge on any atom is 0.00446 e. The molecule has 0 saturated carbocycles. The van der Waals surface area contributed by atoms with Crippen LogP contribution in [0, 0.1) is 5.41 Å². The monoisotopic (exact) mass is 270 g/mol. The van der Waals surface area contributed by atoms with Crippen LogP contribution in [-0.2, 0) is 0 Å². The third kappa shape index (κ3) is 11.4. The highest BCUT2D eigenvalue weighted by Gasteiger charge is 2.18. The summed E-state index contributed by atoms with van der Waals surface area (Å²) in [6, 6.07) is 0. The first-order valence-electron chi connectivity index (χ1n) is 8.48. The molecule has 0 atom stereocenters. The van der Waals surface area contributed by atoms with Crippen molar-refractivity contribution in [3.63, 3.8) is 0 Å². The van der Waals surface area contributed by atoms with Gasteiger partial charge in [-0.25, -0.2) is 0 Å². The fraction of sp³-hybridized carbons (Fsp3) is 1.00. The molecule has 116 valence electrons. The fourth-order valence-electron chi connectivity index (χ4n) is 2.49. The van der Waals surface area contributed by atoms with Crippen LogP contribution in [0.3, 0.4) is 0 Å². The highest BCUT2D eigenvalue weighted by atomic mass is 15.1. The Hall–Kier alpha value is -0.0800. The first kappa shape index (κ1) is 18.9. The minimum absolute atomic E-state index is 0.260. The quantitative estimate of drug-likeness (QED) is 0.502. The molecule has 2 heteroatoms. The Bertz CT molecular complexity index is 190. The van der Waals surface area contributed by atoms with Crippen molar-refractivity contribution >= 4 is 0 Å². The molecule has 0 aliphatic carbocycles. The molecule has 0 saturated heterocycles. The summed E-state index contributed by atoms with van der Waals surface area (Å²) in [6.45, 7) is 13.4. The van der Waals surface area contributed by atoms with Crippen LogP contribution in [0.4, 0.5) is 0 Å². The first-order chi connectivity index (χ1) is 9.05. The van der Waals surface area contributed by atoms with Gasteiger partial charge in [-0.05, 0) is 31.5 Å². The van der Waals surface area contributed by atoms with Gasteiger partial charge in [-0.15, -0.1) is 0 Å². The van der Waals surface area contributed by atoms with Crippen molar-refractivity contribution in [2.45, 2.75) is 79.1 Å². The highest BCUT2D eigenvalue weighted by Crippen LogP contribution is 2.15. The van der Waals surface area contributed by atoms with Crippen LogP contribution in [0.2, 0.25) is 0 Å². The third-order valence-corrected chi connectivity index (χ3v) is 3.98. The summed E-state index contributed by atoms with van der Waals surface area (Å²) in [6.07, 6.45) is 11.2. The minimum Gasteiger partial charge on any atom is -0.330 e. The van der Waals surface area contributed by atoms with Crippen molar-refractivity contribution in [1.29, 1.82) is 0 Å². The molecular weight excluding hydrogens is 232 g/mol. The zero-order valence-corrected chi connectivity index (χ0v) is 14.0. The molecule has 0 spiro atoms.